The van der Waals surface area contributed by atoms with Crippen molar-refractivity contribution in [3.63, 3.8) is 0 Å². The molecule has 0 saturated carbocycles. The standard InChI is InChI=1S/C9H14N2O2/c1-2-5-10-9(12)11-8-4-3-6-13-7-8/h1,8H,3-7H2,(H2,10,11,12)/t8-/m1/s1. The molecule has 1 aliphatic rings. The number of hydrogen-bond acceptors (Lipinski definition) is 2. The summed E-state index contributed by atoms with van der Waals surface area (Å²) in [6, 6.07) is -0.0834. The van der Waals surface area contributed by atoms with E-state index in [2.05, 4.69) is 16.6 Å². The van der Waals surface area contributed by atoms with E-state index in [0.717, 1.165) is 19.4 Å². The monoisotopic (exact) mass is 182 g/mol. The van der Waals surface area contributed by atoms with Crippen molar-refractivity contribution in [1.29, 1.82) is 0 Å². The van der Waals surface area contributed by atoms with E-state index in [9.17, 15) is 4.79 Å². The smallest absolute Gasteiger partial charge is 0.315 e. The zero-order valence-electron chi connectivity index (χ0n) is 7.51. The van der Waals surface area contributed by atoms with E-state index in [1.54, 1.807) is 0 Å². The van der Waals surface area contributed by atoms with Crippen LogP contribution in [0.5, 0.6) is 0 Å². The average molecular weight is 182 g/mol. The maximum absolute atomic E-state index is 11.1. The zero-order chi connectivity index (χ0) is 9.52. The van der Waals surface area contributed by atoms with Gasteiger partial charge in [-0.25, -0.2) is 4.79 Å². The minimum absolute atomic E-state index is 0.131. The minimum Gasteiger partial charge on any atom is -0.379 e. The third kappa shape index (κ3) is 3.81. The van der Waals surface area contributed by atoms with Crippen LogP contribution in [0.2, 0.25) is 0 Å². The van der Waals surface area contributed by atoms with Gasteiger partial charge in [-0.2, -0.15) is 0 Å². The van der Waals surface area contributed by atoms with E-state index in [-0.39, 0.29) is 18.6 Å². The number of nitrogens with one attached hydrogen (secondary N) is 2. The number of ether oxygens (including phenoxy) is 1. The normalized spacial score (nSPS) is 21.6. The summed E-state index contributed by atoms with van der Waals surface area (Å²) in [6.07, 6.45) is 6.97. The lowest BCUT2D eigenvalue weighted by Gasteiger charge is -2.22. The number of carbonyl (C=O) groups is 1. The number of terminal acetylenes is 1. The van der Waals surface area contributed by atoms with E-state index < -0.39 is 0 Å². The van der Waals surface area contributed by atoms with Crippen LogP contribution in [0, 0.1) is 12.3 Å². The Morgan fingerprint density at radius 3 is 3.15 bits per heavy atom. The molecule has 4 nitrogen and oxygen atoms in total. The Kier molecular flexibility index (Phi) is 4.13. The molecule has 2 amide bonds. The second-order valence-electron chi connectivity index (χ2n) is 2.95. The van der Waals surface area contributed by atoms with Crippen LogP contribution < -0.4 is 10.6 Å². The summed E-state index contributed by atoms with van der Waals surface area (Å²) in [6.45, 7) is 1.66. The number of rotatable bonds is 2. The van der Waals surface area contributed by atoms with Gasteiger partial charge < -0.3 is 15.4 Å². The minimum atomic E-state index is -0.214. The first-order valence-corrected chi connectivity index (χ1v) is 4.38. The number of amides is 2. The fraction of sp³-hybridized carbons (Fsp3) is 0.667. The van der Waals surface area contributed by atoms with Crippen LogP contribution in [0.1, 0.15) is 12.8 Å². The van der Waals surface area contributed by atoms with Crippen LogP contribution in [0.15, 0.2) is 0 Å². The highest BCUT2D eigenvalue weighted by Crippen LogP contribution is 2.04. The summed E-state index contributed by atoms with van der Waals surface area (Å²) < 4.78 is 5.20. The van der Waals surface area contributed by atoms with Crippen molar-refractivity contribution < 1.29 is 9.53 Å². The molecule has 0 bridgehead atoms. The summed E-state index contributed by atoms with van der Waals surface area (Å²) in [5, 5.41) is 5.32. The molecule has 4 heteroatoms. The molecule has 1 aliphatic heterocycles. The molecule has 1 heterocycles. The van der Waals surface area contributed by atoms with Gasteiger partial charge in [0, 0.05) is 6.61 Å². The lowest BCUT2D eigenvalue weighted by atomic mass is 10.1. The predicted molar refractivity (Wildman–Crippen MR) is 49.2 cm³/mol. The van der Waals surface area contributed by atoms with Gasteiger partial charge in [0.25, 0.3) is 0 Å². The van der Waals surface area contributed by atoms with Crippen LogP contribution in [-0.4, -0.2) is 31.8 Å². The van der Waals surface area contributed by atoms with Crippen LogP contribution in [-0.2, 0) is 4.74 Å². The second-order valence-corrected chi connectivity index (χ2v) is 2.95. The Morgan fingerprint density at radius 1 is 1.69 bits per heavy atom. The summed E-state index contributed by atoms with van der Waals surface area (Å²) in [7, 11) is 0. The fourth-order valence-electron chi connectivity index (χ4n) is 1.22. The largest absolute Gasteiger partial charge is 0.379 e. The van der Waals surface area contributed by atoms with Gasteiger partial charge in [0.05, 0.1) is 19.2 Å². The van der Waals surface area contributed by atoms with Crippen molar-refractivity contribution in [3.8, 4) is 12.3 Å². The molecule has 0 aromatic rings. The van der Waals surface area contributed by atoms with E-state index in [0.29, 0.717) is 6.61 Å². The quantitative estimate of drug-likeness (QED) is 0.595. The molecule has 0 aliphatic carbocycles. The molecule has 2 N–H and O–H groups in total. The van der Waals surface area contributed by atoms with Crippen molar-refractivity contribution in [1.82, 2.24) is 10.6 Å². The molecule has 0 spiro atoms. The Bertz CT molecular complexity index is 204. The van der Waals surface area contributed by atoms with E-state index in [1.807, 2.05) is 0 Å². The number of urea groups is 1. The molecule has 0 unspecified atom stereocenters. The van der Waals surface area contributed by atoms with Gasteiger partial charge in [-0.05, 0) is 12.8 Å². The molecule has 0 aromatic heterocycles. The van der Waals surface area contributed by atoms with E-state index in [1.165, 1.54) is 0 Å². The highest BCUT2D eigenvalue weighted by atomic mass is 16.5. The van der Waals surface area contributed by atoms with Crippen molar-refractivity contribution in [2.75, 3.05) is 19.8 Å². The van der Waals surface area contributed by atoms with E-state index in [4.69, 9.17) is 11.2 Å². The van der Waals surface area contributed by atoms with Crippen LogP contribution in [0.3, 0.4) is 0 Å². The molecule has 1 rings (SSSR count). The molecule has 1 fully saturated rings. The highest BCUT2D eigenvalue weighted by molar-refractivity contribution is 5.74. The SMILES string of the molecule is C#CCNC(=O)N[C@@H]1CCCOC1. The van der Waals surface area contributed by atoms with Crippen LogP contribution in [0.25, 0.3) is 0 Å². The summed E-state index contributed by atoms with van der Waals surface area (Å²) in [5.41, 5.74) is 0. The highest BCUT2D eigenvalue weighted by Gasteiger charge is 2.15. The zero-order valence-corrected chi connectivity index (χ0v) is 7.51. The lowest BCUT2D eigenvalue weighted by Crippen LogP contribution is -2.45. The van der Waals surface area contributed by atoms with Gasteiger partial charge in [-0.15, -0.1) is 6.42 Å². The molecule has 1 atom stereocenters. The van der Waals surface area contributed by atoms with Crippen molar-refractivity contribution in [2.45, 2.75) is 18.9 Å². The number of hydrogen-bond donors (Lipinski definition) is 2. The van der Waals surface area contributed by atoms with Crippen LogP contribution >= 0.6 is 0 Å². The Morgan fingerprint density at radius 2 is 2.54 bits per heavy atom. The van der Waals surface area contributed by atoms with Gasteiger partial charge in [0.2, 0.25) is 0 Å². The maximum atomic E-state index is 11.1. The molecular weight excluding hydrogens is 168 g/mol. The third-order valence-corrected chi connectivity index (χ3v) is 1.85. The molecule has 1 saturated heterocycles. The topological polar surface area (TPSA) is 50.4 Å². The first kappa shape index (κ1) is 9.87. The van der Waals surface area contributed by atoms with Gasteiger partial charge >= 0.3 is 6.03 Å². The molecule has 72 valence electrons. The number of carbonyl (C=O) groups excluding carboxylic acids is 1. The van der Waals surface area contributed by atoms with E-state index >= 15 is 0 Å². The first-order chi connectivity index (χ1) is 6.33. The third-order valence-electron chi connectivity index (χ3n) is 1.85. The Labute approximate surface area is 78.0 Å². The van der Waals surface area contributed by atoms with Crippen LogP contribution in [0.4, 0.5) is 4.79 Å². The molecule has 0 radical (unpaired) electrons. The first-order valence-electron chi connectivity index (χ1n) is 4.38. The summed E-state index contributed by atoms with van der Waals surface area (Å²) >= 11 is 0. The molecular formula is C9H14N2O2. The Balaban J connectivity index is 2.15. The molecule has 0 aromatic carbocycles. The van der Waals surface area contributed by atoms with Gasteiger partial charge in [0.1, 0.15) is 0 Å². The molecule has 13 heavy (non-hydrogen) atoms. The lowest BCUT2D eigenvalue weighted by molar-refractivity contribution is 0.0732. The maximum Gasteiger partial charge on any atom is 0.315 e. The van der Waals surface area contributed by atoms with Crippen molar-refractivity contribution in [3.05, 3.63) is 0 Å². The average Bonchev–Trinajstić information content (AvgIpc) is 2.16. The summed E-state index contributed by atoms with van der Waals surface area (Å²) in [5.74, 6) is 2.33. The predicted octanol–water partition coefficient (Wildman–Crippen LogP) is 0.0978. The summed E-state index contributed by atoms with van der Waals surface area (Å²) in [4.78, 5) is 11.1. The van der Waals surface area contributed by atoms with Gasteiger partial charge in [0.15, 0.2) is 0 Å². The van der Waals surface area contributed by atoms with Gasteiger partial charge in [-0.3, -0.25) is 0 Å². The second kappa shape index (κ2) is 5.44. The van der Waals surface area contributed by atoms with Gasteiger partial charge in [-0.1, -0.05) is 5.92 Å². The van der Waals surface area contributed by atoms with Crippen molar-refractivity contribution >= 4 is 6.03 Å². The Hall–Kier alpha value is -1.21. The fourth-order valence-corrected chi connectivity index (χ4v) is 1.22. The van der Waals surface area contributed by atoms with Crippen molar-refractivity contribution in [2.24, 2.45) is 0 Å².